The molecule has 0 amide bonds. The average molecular weight is 304 g/mol. The number of thiophene rings is 1. The third kappa shape index (κ3) is 4.07. The molecule has 0 saturated heterocycles. The fourth-order valence-corrected chi connectivity index (χ4v) is 3.99. The van der Waals surface area contributed by atoms with Crippen molar-refractivity contribution in [2.24, 2.45) is 0 Å². The maximum Gasteiger partial charge on any atom is 0.209 e. The molecule has 6 nitrogen and oxygen atoms in total. The molecule has 0 fully saturated rings. The van der Waals surface area contributed by atoms with Gasteiger partial charge in [0.05, 0.1) is 12.3 Å². The lowest BCUT2D eigenvalue weighted by molar-refractivity contribution is 0.602. The van der Waals surface area contributed by atoms with E-state index in [9.17, 15) is 8.42 Å². The van der Waals surface area contributed by atoms with E-state index in [1.54, 1.807) is 16.0 Å². The van der Waals surface area contributed by atoms with E-state index in [0.29, 0.717) is 17.5 Å². The molecule has 0 bridgehead atoms. The van der Waals surface area contributed by atoms with E-state index in [1.165, 1.54) is 18.0 Å². The second-order valence-corrected chi connectivity index (χ2v) is 8.03. The van der Waals surface area contributed by atoms with Crippen molar-refractivity contribution in [3.8, 4) is 0 Å². The molecule has 0 N–H and O–H groups in total. The first-order chi connectivity index (χ1) is 8.54. The van der Waals surface area contributed by atoms with Gasteiger partial charge in [-0.2, -0.15) is 0 Å². The zero-order chi connectivity index (χ0) is 13.0. The summed E-state index contributed by atoms with van der Waals surface area (Å²) in [5.41, 5.74) is 0. The highest BCUT2D eigenvalue weighted by Crippen LogP contribution is 2.17. The Hall–Kier alpha value is -0.930. The van der Waals surface area contributed by atoms with Crippen LogP contribution in [0.4, 0.5) is 0 Å². The van der Waals surface area contributed by atoms with Gasteiger partial charge in [0.15, 0.2) is 0 Å². The number of tetrazole rings is 1. The molecule has 2 rings (SSSR count). The van der Waals surface area contributed by atoms with E-state index in [2.05, 4.69) is 15.5 Å². The smallest absolute Gasteiger partial charge is 0.209 e. The first-order valence-electron chi connectivity index (χ1n) is 5.14. The van der Waals surface area contributed by atoms with Crippen LogP contribution in [0.5, 0.6) is 0 Å². The summed E-state index contributed by atoms with van der Waals surface area (Å²) in [6.07, 6.45) is 1.22. The number of nitrogens with zero attached hydrogens (tertiary/aromatic N) is 4. The summed E-state index contributed by atoms with van der Waals surface area (Å²) in [6, 6.07) is 3.98. The van der Waals surface area contributed by atoms with E-state index in [0.717, 1.165) is 4.88 Å². The van der Waals surface area contributed by atoms with Crippen molar-refractivity contribution in [3.63, 3.8) is 0 Å². The minimum Gasteiger partial charge on any atom is -0.229 e. The Bertz CT molecular complexity index is 591. The molecule has 98 valence electrons. The second kappa shape index (κ2) is 5.81. The van der Waals surface area contributed by atoms with Gasteiger partial charge in [-0.25, -0.2) is 13.1 Å². The Balaban J connectivity index is 1.95. The zero-order valence-electron chi connectivity index (χ0n) is 9.68. The normalized spacial score (nSPS) is 11.8. The molecule has 2 heterocycles. The van der Waals surface area contributed by atoms with Gasteiger partial charge in [0, 0.05) is 16.9 Å². The van der Waals surface area contributed by atoms with Crippen molar-refractivity contribution in [2.75, 3.05) is 17.8 Å². The number of hydrogen-bond donors (Lipinski definition) is 0. The summed E-state index contributed by atoms with van der Waals surface area (Å²) in [4.78, 5) is 1.16. The molecule has 9 heteroatoms. The number of thioether (sulfide) groups is 1. The molecule has 0 saturated carbocycles. The molecule has 0 radical (unpaired) electrons. The van der Waals surface area contributed by atoms with Crippen molar-refractivity contribution in [1.82, 2.24) is 20.2 Å². The van der Waals surface area contributed by atoms with Crippen LogP contribution in [0.15, 0.2) is 22.7 Å². The molecule has 0 aliphatic heterocycles. The van der Waals surface area contributed by atoms with E-state index < -0.39 is 9.84 Å². The van der Waals surface area contributed by atoms with Crippen LogP contribution in [0.2, 0.25) is 0 Å². The van der Waals surface area contributed by atoms with Crippen molar-refractivity contribution in [1.29, 1.82) is 0 Å². The van der Waals surface area contributed by atoms with Crippen molar-refractivity contribution in [3.05, 3.63) is 22.4 Å². The summed E-state index contributed by atoms with van der Waals surface area (Å²) >= 11 is 2.99. The summed E-state index contributed by atoms with van der Waals surface area (Å²) in [6.45, 7) is 0.617. The van der Waals surface area contributed by atoms with E-state index in [1.807, 2.05) is 17.5 Å². The fraction of sp³-hybridized carbons (Fsp3) is 0.444. The highest BCUT2D eigenvalue weighted by atomic mass is 32.2. The summed E-state index contributed by atoms with van der Waals surface area (Å²) < 4.78 is 23.7. The van der Waals surface area contributed by atoms with Gasteiger partial charge in [-0.15, -0.1) is 16.4 Å². The second-order valence-electron chi connectivity index (χ2n) is 3.68. The summed E-state index contributed by atoms with van der Waals surface area (Å²) in [5.74, 6) is 0.590. The first kappa shape index (κ1) is 13.5. The molecule has 2 aromatic rings. The monoisotopic (exact) mass is 304 g/mol. The lowest BCUT2D eigenvalue weighted by Gasteiger charge is -2.02. The predicted molar refractivity (Wildman–Crippen MR) is 71.7 cm³/mol. The summed E-state index contributed by atoms with van der Waals surface area (Å²) in [5, 5.41) is 14.0. The Morgan fingerprint density at radius 3 is 3.00 bits per heavy atom. The van der Waals surface area contributed by atoms with Crippen LogP contribution in [0.3, 0.4) is 0 Å². The molecule has 0 aliphatic rings. The van der Waals surface area contributed by atoms with Crippen molar-refractivity contribution in [2.45, 2.75) is 11.7 Å². The van der Waals surface area contributed by atoms with Gasteiger partial charge >= 0.3 is 0 Å². The number of rotatable bonds is 6. The Morgan fingerprint density at radius 1 is 1.50 bits per heavy atom. The first-order valence-corrected chi connectivity index (χ1v) is 9.06. The molecule has 18 heavy (non-hydrogen) atoms. The SMILES string of the molecule is CS(=O)(=O)CCSc1nnnn1Cc1cccs1. The van der Waals surface area contributed by atoms with Gasteiger partial charge in [0.2, 0.25) is 5.16 Å². The van der Waals surface area contributed by atoms with Crippen molar-refractivity contribution >= 4 is 32.9 Å². The van der Waals surface area contributed by atoms with Crippen LogP contribution in [0, 0.1) is 0 Å². The van der Waals surface area contributed by atoms with Crippen LogP contribution < -0.4 is 0 Å². The number of aromatic nitrogens is 4. The topological polar surface area (TPSA) is 77.7 Å². The highest BCUT2D eigenvalue weighted by Gasteiger charge is 2.09. The van der Waals surface area contributed by atoms with E-state index >= 15 is 0 Å². The standard InChI is InChI=1S/C9H12N4O2S3/c1-18(14,15)6-5-17-9-10-11-12-13(9)7-8-3-2-4-16-8/h2-4H,5-7H2,1H3. The van der Waals surface area contributed by atoms with Gasteiger partial charge in [0.25, 0.3) is 0 Å². The van der Waals surface area contributed by atoms with E-state index in [-0.39, 0.29) is 5.75 Å². The minimum absolute atomic E-state index is 0.129. The van der Waals surface area contributed by atoms with E-state index in [4.69, 9.17) is 0 Å². The van der Waals surface area contributed by atoms with Gasteiger partial charge in [-0.1, -0.05) is 17.8 Å². The average Bonchev–Trinajstić information content (AvgIpc) is 2.90. The lowest BCUT2D eigenvalue weighted by atomic mass is 10.5. The Morgan fingerprint density at radius 2 is 2.33 bits per heavy atom. The molecule has 0 aromatic carbocycles. The zero-order valence-corrected chi connectivity index (χ0v) is 12.1. The van der Waals surface area contributed by atoms with Crippen molar-refractivity contribution < 1.29 is 8.42 Å². The molecule has 0 atom stereocenters. The Kier molecular flexibility index (Phi) is 4.36. The molecule has 0 spiro atoms. The van der Waals surface area contributed by atoms with Gasteiger partial charge < -0.3 is 0 Å². The summed E-state index contributed by atoms with van der Waals surface area (Å²) in [7, 11) is -2.94. The highest BCUT2D eigenvalue weighted by molar-refractivity contribution is 8.00. The van der Waals surface area contributed by atoms with Crippen LogP contribution in [0.25, 0.3) is 0 Å². The molecular weight excluding hydrogens is 292 g/mol. The lowest BCUT2D eigenvalue weighted by Crippen LogP contribution is -2.07. The van der Waals surface area contributed by atoms with Gasteiger partial charge in [-0.3, -0.25) is 0 Å². The molecule has 0 unspecified atom stereocenters. The molecular formula is C9H12N4O2S3. The van der Waals surface area contributed by atoms with Crippen LogP contribution in [0.1, 0.15) is 4.88 Å². The van der Waals surface area contributed by atoms with Crippen LogP contribution in [-0.2, 0) is 16.4 Å². The van der Waals surface area contributed by atoms with Gasteiger partial charge in [-0.05, 0) is 21.9 Å². The third-order valence-corrected chi connectivity index (χ3v) is 5.09. The molecule has 0 aliphatic carbocycles. The maximum absolute atomic E-state index is 11.0. The third-order valence-electron chi connectivity index (χ3n) is 2.07. The van der Waals surface area contributed by atoms with Crippen LogP contribution >= 0.6 is 23.1 Å². The fourth-order valence-electron chi connectivity index (χ4n) is 1.23. The Labute approximate surface area is 113 Å². The maximum atomic E-state index is 11.0. The number of sulfone groups is 1. The minimum atomic E-state index is -2.94. The number of hydrogen-bond acceptors (Lipinski definition) is 7. The van der Waals surface area contributed by atoms with Gasteiger partial charge in [0.1, 0.15) is 9.84 Å². The van der Waals surface area contributed by atoms with Crippen LogP contribution in [-0.4, -0.2) is 46.4 Å². The molecule has 2 aromatic heterocycles. The quantitative estimate of drug-likeness (QED) is 0.739. The predicted octanol–water partition coefficient (Wildman–Crippen LogP) is 0.920. The largest absolute Gasteiger partial charge is 0.229 e.